The molecule has 0 bridgehead atoms. The van der Waals surface area contributed by atoms with Gasteiger partial charge in [0, 0.05) is 10.7 Å². The number of halogens is 2. The van der Waals surface area contributed by atoms with E-state index in [9.17, 15) is 13.2 Å². The van der Waals surface area contributed by atoms with Crippen molar-refractivity contribution in [3.63, 3.8) is 0 Å². The molecule has 0 atom stereocenters. The summed E-state index contributed by atoms with van der Waals surface area (Å²) in [6.45, 7) is 0. The molecule has 30 heavy (non-hydrogen) atoms. The first-order valence-electron chi connectivity index (χ1n) is 8.43. The van der Waals surface area contributed by atoms with Gasteiger partial charge in [0.25, 0.3) is 20.3 Å². The Morgan fingerprint density at radius 3 is 2.47 bits per heavy atom. The maximum absolute atomic E-state index is 12.6. The summed E-state index contributed by atoms with van der Waals surface area (Å²) in [6.07, 6.45) is 0. The lowest BCUT2D eigenvalue weighted by Crippen LogP contribution is -2.12. The van der Waals surface area contributed by atoms with E-state index in [4.69, 9.17) is 23.2 Å². The fraction of sp³-hybridized carbons (Fsp3) is 0. The lowest BCUT2D eigenvalue weighted by molar-refractivity contribution is 0.102. The molecule has 0 aliphatic rings. The van der Waals surface area contributed by atoms with Gasteiger partial charge in [-0.3, -0.25) is 14.8 Å². The second-order valence-corrected chi connectivity index (χ2v) is 9.80. The Morgan fingerprint density at radius 2 is 1.70 bits per heavy atom. The van der Waals surface area contributed by atoms with E-state index in [1.807, 2.05) is 30.3 Å². The lowest BCUT2D eigenvalue weighted by atomic mass is 10.1. The van der Waals surface area contributed by atoms with E-state index in [0.29, 0.717) is 10.7 Å². The highest BCUT2D eigenvalue weighted by molar-refractivity contribution is 7.94. The Balaban J connectivity index is 1.52. The van der Waals surface area contributed by atoms with Crippen molar-refractivity contribution >= 4 is 72.1 Å². The first kappa shape index (κ1) is 20.5. The Hall–Kier alpha value is -2.72. The van der Waals surface area contributed by atoms with Crippen LogP contribution in [0.25, 0.3) is 10.8 Å². The maximum Gasteiger partial charge on any atom is 0.291 e. The Labute approximate surface area is 185 Å². The number of aromatic nitrogens is 2. The predicted octanol–water partition coefficient (Wildman–Crippen LogP) is 5.05. The van der Waals surface area contributed by atoms with Crippen LogP contribution in [0.5, 0.6) is 0 Å². The van der Waals surface area contributed by atoms with E-state index in [1.165, 1.54) is 18.2 Å². The number of nitrogens with zero attached hydrogens (tertiary/aromatic N) is 2. The number of amides is 1. The molecule has 0 aliphatic heterocycles. The van der Waals surface area contributed by atoms with Crippen molar-refractivity contribution in [2.75, 3.05) is 10.0 Å². The molecule has 0 radical (unpaired) electrons. The SMILES string of the molecule is O=C(Nc1nnc(S(=O)(=O)Nc2ccc3ccccc3c2)s1)c1ccc(Cl)cc1Cl. The molecule has 4 aromatic rings. The van der Waals surface area contributed by atoms with Gasteiger partial charge in [0.1, 0.15) is 0 Å². The molecule has 0 unspecified atom stereocenters. The third kappa shape index (κ3) is 4.39. The van der Waals surface area contributed by atoms with Gasteiger partial charge in [0.2, 0.25) is 5.13 Å². The highest BCUT2D eigenvalue weighted by atomic mass is 35.5. The Morgan fingerprint density at radius 1 is 0.933 bits per heavy atom. The van der Waals surface area contributed by atoms with Gasteiger partial charge in [-0.2, -0.15) is 8.42 Å². The molecule has 7 nitrogen and oxygen atoms in total. The molecule has 0 aliphatic carbocycles. The lowest BCUT2D eigenvalue weighted by Gasteiger charge is -2.06. The number of fused-ring (bicyclic) bond motifs is 1. The number of carbonyl (C=O) groups is 1. The van der Waals surface area contributed by atoms with Gasteiger partial charge >= 0.3 is 0 Å². The van der Waals surface area contributed by atoms with E-state index < -0.39 is 15.9 Å². The van der Waals surface area contributed by atoms with Crippen molar-refractivity contribution in [1.82, 2.24) is 10.2 Å². The van der Waals surface area contributed by atoms with E-state index >= 15 is 0 Å². The predicted molar refractivity (Wildman–Crippen MR) is 119 cm³/mol. The molecular weight excluding hydrogens is 467 g/mol. The van der Waals surface area contributed by atoms with Crippen molar-refractivity contribution in [2.24, 2.45) is 0 Å². The summed E-state index contributed by atoms with van der Waals surface area (Å²) in [5, 5.41) is 12.3. The van der Waals surface area contributed by atoms with Crippen LogP contribution in [-0.4, -0.2) is 24.5 Å². The summed E-state index contributed by atoms with van der Waals surface area (Å²) in [7, 11) is -3.98. The Bertz CT molecular complexity index is 1370. The van der Waals surface area contributed by atoms with Crippen LogP contribution < -0.4 is 10.0 Å². The second-order valence-electron chi connectivity index (χ2n) is 6.12. The zero-order valence-corrected chi connectivity index (χ0v) is 18.1. The van der Waals surface area contributed by atoms with Gasteiger partial charge in [-0.05, 0) is 41.1 Å². The standard InChI is InChI=1S/C19H12Cl2N4O3S2/c20-13-6-8-15(16(21)10-13)17(26)22-18-23-24-19(29-18)30(27,28)25-14-7-5-11-3-1-2-4-12(11)9-14/h1-10,25H,(H,22,23,26). The fourth-order valence-electron chi connectivity index (χ4n) is 2.66. The summed E-state index contributed by atoms with van der Waals surface area (Å²) < 4.78 is 27.5. The number of nitrogens with one attached hydrogen (secondary N) is 2. The van der Waals surface area contributed by atoms with Crippen LogP contribution >= 0.6 is 34.5 Å². The number of hydrogen-bond acceptors (Lipinski definition) is 6. The molecule has 0 saturated carbocycles. The van der Waals surface area contributed by atoms with E-state index in [-0.39, 0.29) is 20.1 Å². The van der Waals surface area contributed by atoms with Crippen LogP contribution in [0, 0.1) is 0 Å². The number of benzene rings is 3. The van der Waals surface area contributed by atoms with Crippen LogP contribution in [0.1, 0.15) is 10.4 Å². The minimum Gasteiger partial charge on any atom is -0.296 e. The summed E-state index contributed by atoms with van der Waals surface area (Å²) in [6, 6.07) is 17.2. The van der Waals surface area contributed by atoms with E-state index in [1.54, 1.807) is 12.1 Å². The van der Waals surface area contributed by atoms with Crippen LogP contribution in [0.4, 0.5) is 10.8 Å². The topological polar surface area (TPSA) is 101 Å². The minimum absolute atomic E-state index is 0.0184. The second kappa shape index (κ2) is 8.19. The highest BCUT2D eigenvalue weighted by Crippen LogP contribution is 2.26. The van der Waals surface area contributed by atoms with E-state index in [2.05, 4.69) is 20.2 Å². The normalized spacial score (nSPS) is 11.4. The number of hydrogen-bond donors (Lipinski definition) is 2. The van der Waals surface area contributed by atoms with Crippen LogP contribution in [0.15, 0.2) is 65.0 Å². The third-order valence-corrected chi connectivity index (χ3v) is 7.17. The minimum atomic E-state index is -3.98. The zero-order chi connectivity index (χ0) is 21.3. The number of sulfonamides is 1. The molecule has 11 heteroatoms. The van der Waals surface area contributed by atoms with Gasteiger partial charge < -0.3 is 0 Å². The molecule has 1 aromatic heterocycles. The van der Waals surface area contributed by atoms with Crippen LogP contribution in [0.3, 0.4) is 0 Å². The average molecular weight is 479 g/mol. The van der Waals surface area contributed by atoms with Crippen LogP contribution in [-0.2, 0) is 10.0 Å². The summed E-state index contributed by atoms with van der Waals surface area (Å²) in [5.41, 5.74) is 0.567. The van der Waals surface area contributed by atoms with Crippen molar-refractivity contribution in [3.05, 3.63) is 76.3 Å². The molecule has 0 spiro atoms. The number of carbonyl (C=O) groups excluding carboxylic acids is 1. The third-order valence-electron chi connectivity index (χ3n) is 4.03. The highest BCUT2D eigenvalue weighted by Gasteiger charge is 2.22. The van der Waals surface area contributed by atoms with Crippen molar-refractivity contribution in [3.8, 4) is 0 Å². The Kier molecular flexibility index (Phi) is 5.61. The smallest absolute Gasteiger partial charge is 0.291 e. The van der Waals surface area contributed by atoms with Gasteiger partial charge in [-0.15, -0.1) is 10.2 Å². The van der Waals surface area contributed by atoms with Gasteiger partial charge in [-0.1, -0.05) is 64.9 Å². The first-order chi connectivity index (χ1) is 14.3. The van der Waals surface area contributed by atoms with Crippen molar-refractivity contribution in [2.45, 2.75) is 4.34 Å². The zero-order valence-electron chi connectivity index (χ0n) is 15.0. The van der Waals surface area contributed by atoms with Crippen molar-refractivity contribution < 1.29 is 13.2 Å². The van der Waals surface area contributed by atoms with Crippen molar-refractivity contribution in [1.29, 1.82) is 0 Å². The first-order valence-corrected chi connectivity index (χ1v) is 11.5. The summed E-state index contributed by atoms with van der Waals surface area (Å²) in [4.78, 5) is 12.4. The molecule has 4 rings (SSSR count). The molecule has 3 aromatic carbocycles. The molecule has 0 fully saturated rings. The van der Waals surface area contributed by atoms with Crippen LogP contribution in [0.2, 0.25) is 10.0 Å². The molecule has 2 N–H and O–H groups in total. The largest absolute Gasteiger partial charge is 0.296 e. The molecular formula is C19H12Cl2N4O3S2. The fourth-order valence-corrected chi connectivity index (χ4v) is 5.10. The summed E-state index contributed by atoms with van der Waals surface area (Å²) >= 11 is 12.6. The molecule has 0 saturated heterocycles. The van der Waals surface area contributed by atoms with E-state index in [0.717, 1.165) is 22.1 Å². The average Bonchev–Trinajstić information content (AvgIpc) is 3.17. The molecule has 152 valence electrons. The summed E-state index contributed by atoms with van der Waals surface area (Å²) in [5.74, 6) is -0.556. The number of rotatable bonds is 5. The molecule has 1 heterocycles. The number of anilines is 2. The van der Waals surface area contributed by atoms with Gasteiger partial charge in [0.15, 0.2) is 0 Å². The van der Waals surface area contributed by atoms with Gasteiger partial charge in [-0.25, -0.2) is 0 Å². The van der Waals surface area contributed by atoms with Gasteiger partial charge in [0.05, 0.1) is 10.6 Å². The quantitative estimate of drug-likeness (QED) is 0.390. The maximum atomic E-state index is 12.6. The monoisotopic (exact) mass is 478 g/mol. The molecule has 1 amide bonds.